The van der Waals surface area contributed by atoms with Gasteiger partial charge in [0.05, 0.1) is 0 Å². The molecule has 1 heterocycles. The molecule has 0 aliphatic carbocycles. The number of carbonyl (C=O) groups is 1. The van der Waals surface area contributed by atoms with Crippen molar-refractivity contribution < 1.29 is 4.79 Å². The first-order valence-corrected chi connectivity index (χ1v) is 6.96. The molecule has 0 aliphatic rings. The van der Waals surface area contributed by atoms with Gasteiger partial charge in [-0.3, -0.25) is 4.79 Å². The molecule has 1 nitrogen and oxygen atoms in total. The van der Waals surface area contributed by atoms with Gasteiger partial charge in [-0.2, -0.15) is 0 Å². The summed E-state index contributed by atoms with van der Waals surface area (Å²) in [6.07, 6.45) is 0. The van der Waals surface area contributed by atoms with Crippen molar-refractivity contribution in [3.05, 3.63) is 54.2 Å². The van der Waals surface area contributed by atoms with Crippen LogP contribution in [0, 0.1) is 10.5 Å². The molecule has 82 valence electrons. The maximum Gasteiger partial charge on any atom is 0.194 e. The van der Waals surface area contributed by atoms with E-state index in [1.165, 1.54) is 0 Å². The summed E-state index contributed by atoms with van der Waals surface area (Å²) in [7, 11) is 0. The van der Waals surface area contributed by atoms with Gasteiger partial charge in [0.15, 0.2) is 5.78 Å². The second-order valence-corrected chi connectivity index (χ2v) is 6.11. The Morgan fingerprint density at radius 1 is 1.38 bits per heavy atom. The van der Waals surface area contributed by atoms with Crippen molar-refractivity contribution in [1.29, 1.82) is 0 Å². The molecule has 0 spiro atoms. The molecule has 4 heteroatoms. The second kappa shape index (κ2) is 4.85. The molecular formula is C12H8ClIOS. The van der Waals surface area contributed by atoms with Crippen LogP contribution in [0.3, 0.4) is 0 Å². The summed E-state index contributed by atoms with van der Waals surface area (Å²) in [6.45, 7) is 1.99. The van der Waals surface area contributed by atoms with Crippen molar-refractivity contribution >= 4 is 51.3 Å². The predicted molar refractivity (Wildman–Crippen MR) is 76.7 cm³/mol. The molecule has 1 aromatic heterocycles. The van der Waals surface area contributed by atoms with Crippen LogP contribution in [0.25, 0.3) is 0 Å². The fourth-order valence-corrected chi connectivity index (χ4v) is 2.83. The molecule has 16 heavy (non-hydrogen) atoms. The quantitative estimate of drug-likeness (QED) is 0.566. The van der Waals surface area contributed by atoms with Crippen molar-refractivity contribution in [3.63, 3.8) is 0 Å². The minimum atomic E-state index is 0.0382. The summed E-state index contributed by atoms with van der Waals surface area (Å²) in [6, 6.07) is 7.27. The van der Waals surface area contributed by atoms with E-state index >= 15 is 0 Å². The van der Waals surface area contributed by atoms with Crippen molar-refractivity contribution in [1.82, 2.24) is 0 Å². The lowest BCUT2D eigenvalue weighted by Crippen LogP contribution is -2.02. The number of hydrogen-bond acceptors (Lipinski definition) is 2. The third-order valence-electron chi connectivity index (χ3n) is 2.17. The molecule has 0 fully saturated rings. The highest BCUT2D eigenvalue weighted by Crippen LogP contribution is 2.23. The van der Waals surface area contributed by atoms with Crippen LogP contribution in [0.4, 0.5) is 0 Å². The van der Waals surface area contributed by atoms with E-state index in [2.05, 4.69) is 22.6 Å². The van der Waals surface area contributed by atoms with Gasteiger partial charge in [-0.1, -0.05) is 11.6 Å². The number of ketones is 1. The number of hydrogen-bond donors (Lipinski definition) is 0. The Morgan fingerprint density at radius 2 is 2.12 bits per heavy atom. The highest BCUT2D eigenvalue weighted by atomic mass is 127. The van der Waals surface area contributed by atoms with Crippen LogP contribution < -0.4 is 0 Å². The number of benzene rings is 1. The van der Waals surface area contributed by atoms with Crippen molar-refractivity contribution in [3.8, 4) is 0 Å². The largest absolute Gasteiger partial charge is 0.289 e. The Bertz CT molecular complexity index is 548. The fraction of sp³-hybridized carbons (Fsp3) is 0.0833. The average molecular weight is 363 g/mol. The molecule has 0 N–H and O–H groups in total. The van der Waals surface area contributed by atoms with Gasteiger partial charge in [0.2, 0.25) is 0 Å². The average Bonchev–Trinajstić information content (AvgIpc) is 2.67. The van der Waals surface area contributed by atoms with Crippen LogP contribution in [-0.2, 0) is 0 Å². The monoisotopic (exact) mass is 362 g/mol. The lowest BCUT2D eigenvalue weighted by atomic mass is 10.1. The third kappa shape index (κ3) is 2.47. The number of thiophene rings is 1. The van der Waals surface area contributed by atoms with Gasteiger partial charge in [0, 0.05) is 30.0 Å². The maximum atomic E-state index is 12.2. The summed E-state index contributed by atoms with van der Waals surface area (Å²) in [5, 5.41) is 2.48. The second-order valence-electron chi connectivity index (χ2n) is 3.40. The number of carbonyl (C=O) groups excluding carboxylic acids is 1. The molecule has 0 aliphatic heterocycles. The van der Waals surface area contributed by atoms with Gasteiger partial charge in [-0.15, -0.1) is 11.3 Å². The van der Waals surface area contributed by atoms with Crippen LogP contribution >= 0.6 is 45.5 Å². The summed E-state index contributed by atoms with van der Waals surface area (Å²) < 4.78 is 0.927. The zero-order valence-corrected chi connectivity index (χ0v) is 12.2. The van der Waals surface area contributed by atoms with Crippen LogP contribution in [-0.4, -0.2) is 5.78 Å². The molecule has 0 saturated carbocycles. The van der Waals surface area contributed by atoms with E-state index < -0.39 is 0 Å². The topological polar surface area (TPSA) is 17.1 Å². The van der Waals surface area contributed by atoms with Crippen LogP contribution in [0.2, 0.25) is 5.02 Å². The zero-order valence-electron chi connectivity index (χ0n) is 8.46. The Kier molecular flexibility index (Phi) is 3.66. The molecule has 0 unspecified atom stereocenters. The fourth-order valence-electron chi connectivity index (χ4n) is 1.39. The van der Waals surface area contributed by atoms with Crippen molar-refractivity contribution in [2.24, 2.45) is 0 Å². The Morgan fingerprint density at radius 3 is 2.75 bits per heavy atom. The summed E-state index contributed by atoms with van der Waals surface area (Å²) in [4.78, 5) is 13.3. The summed E-state index contributed by atoms with van der Waals surface area (Å²) in [5.74, 6) is 0.0382. The smallest absolute Gasteiger partial charge is 0.194 e. The van der Waals surface area contributed by atoms with Gasteiger partial charge in [-0.25, -0.2) is 0 Å². The van der Waals surface area contributed by atoms with Gasteiger partial charge >= 0.3 is 0 Å². The Labute approximate surface area is 117 Å². The van der Waals surface area contributed by atoms with Gasteiger partial charge in [0.1, 0.15) is 0 Å². The van der Waals surface area contributed by atoms with E-state index in [1.807, 2.05) is 24.4 Å². The molecule has 0 atom stereocenters. The van der Waals surface area contributed by atoms with Crippen molar-refractivity contribution in [2.45, 2.75) is 6.92 Å². The molecule has 0 radical (unpaired) electrons. The van der Waals surface area contributed by atoms with E-state index in [-0.39, 0.29) is 5.78 Å². The van der Waals surface area contributed by atoms with Crippen LogP contribution in [0.1, 0.15) is 20.8 Å². The third-order valence-corrected chi connectivity index (χ3v) is 4.20. The molecule has 0 bridgehead atoms. The minimum absolute atomic E-state index is 0.0382. The molecule has 0 saturated heterocycles. The van der Waals surface area contributed by atoms with Gasteiger partial charge in [-0.05, 0) is 53.8 Å². The number of rotatable bonds is 2. The normalized spacial score (nSPS) is 10.4. The summed E-state index contributed by atoms with van der Waals surface area (Å²) >= 11 is 9.63. The highest BCUT2D eigenvalue weighted by molar-refractivity contribution is 14.1. The lowest BCUT2D eigenvalue weighted by molar-refractivity contribution is 0.103. The van der Waals surface area contributed by atoms with Gasteiger partial charge in [0.25, 0.3) is 0 Å². The lowest BCUT2D eigenvalue weighted by Gasteiger charge is -2.02. The molecule has 2 rings (SSSR count). The predicted octanol–water partition coefficient (Wildman–Crippen LogP) is 4.55. The first-order valence-electron chi connectivity index (χ1n) is 4.63. The summed E-state index contributed by atoms with van der Waals surface area (Å²) in [5.41, 5.74) is 1.41. The van der Waals surface area contributed by atoms with Crippen LogP contribution in [0.15, 0.2) is 29.6 Å². The first-order chi connectivity index (χ1) is 7.58. The minimum Gasteiger partial charge on any atom is -0.289 e. The highest BCUT2D eigenvalue weighted by Gasteiger charge is 2.14. The van der Waals surface area contributed by atoms with Crippen LogP contribution in [0.5, 0.6) is 0 Å². The SMILES string of the molecule is Cc1cc(C(=O)c2cc(Cl)ccc2I)cs1. The van der Waals surface area contributed by atoms with E-state index in [0.29, 0.717) is 10.6 Å². The Hall–Kier alpha value is -0.390. The molecular weight excluding hydrogens is 355 g/mol. The van der Waals surface area contributed by atoms with E-state index in [1.54, 1.807) is 23.5 Å². The van der Waals surface area contributed by atoms with E-state index in [4.69, 9.17) is 11.6 Å². The molecule has 1 aromatic carbocycles. The number of aryl methyl sites for hydroxylation is 1. The van der Waals surface area contributed by atoms with E-state index in [0.717, 1.165) is 14.0 Å². The van der Waals surface area contributed by atoms with E-state index in [9.17, 15) is 4.79 Å². The molecule has 2 aromatic rings. The van der Waals surface area contributed by atoms with Crippen molar-refractivity contribution in [2.75, 3.05) is 0 Å². The van der Waals surface area contributed by atoms with Gasteiger partial charge < -0.3 is 0 Å². The first kappa shape index (κ1) is 12.1. The maximum absolute atomic E-state index is 12.2. The number of halogens is 2. The Balaban J connectivity index is 2.45. The standard InChI is InChI=1S/C12H8ClIOS/c1-7-4-8(6-16-7)12(15)10-5-9(13)2-3-11(10)14/h2-6H,1H3. The zero-order chi connectivity index (χ0) is 11.7. The molecule has 0 amide bonds.